The number of aromatic nitrogens is 1. The zero-order valence-electron chi connectivity index (χ0n) is 10.8. The molecule has 0 saturated carbocycles. The van der Waals surface area contributed by atoms with E-state index >= 15 is 0 Å². The van der Waals surface area contributed by atoms with Crippen LogP contribution in [0.15, 0.2) is 36.4 Å². The first-order chi connectivity index (χ1) is 9.29. The number of nitrogens with zero attached hydrogens (tertiary/aromatic N) is 1. The largest absolute Gasteiger partial charge is 0.383 e. The summed E-state index contributed by atoms with van der Waals surface area (Å²) in [5.41, 5.74) is 0.910. The van der Waals surface area contributed by atoms with Crippen molar-refractivity contribution >= 4 is 22.6 Å². The van der Waals surface area contributed by atoms with Crippen molar-refractivity contribution < 1.29 is 9.53 Å². The van der Waals surface area contributed by atoms with Gasteiger partial charge in [0.1, 0.15) is 5.82 Å². The van der Waals surface area contributed by atoms with Gasteiger partial charge in [0.05, 0.1) is 18.7 Å². The second-order valence-corrected chi connectivity index (χ2v) is 4.09. The van der Waals surface area contributed by atoms with Crippen LogP contribution in [-0.4, -0.2) is 37.7 Å². The van der Waals surface area contributed by atoms with E-state index in [1.54, 1.807) is 7.11 Å². The lowest BCUT2D eigenvalue weighted by molar-refractivity contribution is -0.119. The van der Waals surface area contributed by atoms with Crippen molar-refractivity contribution in [2.24, 2.45) is 0 Å². The van der Waals surface area contributed by atoms with E-state index in [4.69, 9.17) is 4.74 Å². The standard InChI is InChI=1S/C14H17N3O2/c1-19-9-8-15-14(18)10-16-13-7-6-11-4-2-3-5-12(11)17-13/h2-7H,8-10H2,1H3,(H,15,18)(H,16,17). The number of fused-ring (bicyclic) bond motifs is 1. The van der Waals surface area contributed by atoms with Crippen molar-refractivity contribution in [3.05, 3.63) is 36.4 Å². The van der Waals surface area contributed by atoms with E-state index in [-0.39, 0.29) is 12.5 Å². The van der Waals surface area contributed by atoms with E-state index in [1.807, 2.05) is 36.4 Å². The summed E-state index contributed by atoms with van der Waals surface area (Å²) < 4.78 is 4.86. The van der Waals surface area contributed by atoms with Crippen molar-refractivity contribution in [3.8, 4) is 0 Å². The van der Waals surface area contributed by atoms with Crippen LogP contribution in [0.2, 0.25) is 0 Å². The first-order valence-corrected chi connectivity index (χ1v) is 6.15. The van der Waals surface area contributed by atoms with Crippen LogP contribution in [0.4, 0.5) is 5.82 Å². The Labute approximate surface area is 112 Å². The first-order valence-electron chi connectivity index (χ1n) is 6.15. The number of methoxy groups -OCH3 is 1. The molecule has 0 aliphatic heterocycles. The molecule has 1 aromatic carbocycles. The zero-order chi connectivity index (χ0) is 13.5. The SMILES string of the molecule is COCCNC(=O)CNc1ccc2ccccc2n1. The van der Waals surface area contributed by atoms with Crippen LogP contribution in [0.1, 0.15) is 0 Å². The van der Waals surface area contributed by atoms with Gasteiger partial charge in [-0.3, -0.25) is 4.79 Å². The van der Waals surface area contributed by atoms with Crippen LogP contribution >= 0.6 is 0 Å². The zero-order valence-corrected chi connectivity index (χ0v) is 10.8. The smallest absolute Gasteiger partial charge is 0.239 e. The number of nitrogens with one attached hydrogen (secondary N) is 2. The van der Waals surface area contributed by atoms with Crippen molar-refractivity contribution in [1.29, 1.82) is 0 Å². The third-order valence-electron chi connectivity index (χ3n) is 2.66. The molecule has 19 heavy (non-hydrogen) atoms. The Morgan fingerprint density at radius 1 is 1.26 bits per heavy atom. The summed E-state index contributed by atoms with van der Waals surface area (Å²) in [6.45, 7) is 1.23. The van der Waals surface area contributed by atoms with Gasteiger partial charge in [-0.25, -0.2) is 4.98 Å². The molecular formula is C14H17N3O2. The van der Waals surface area contributed by atoms with E-state index in [0.717, 1.165) is 10.9 Å². The molecule has 0 bridgehead atoms. The maximum absolute atomic E-state index is 11.5. The van der Waals surface area contributed by atoms with Gasteiger partial charge < -0.3 is 15.4 Å². The molecule has 5 heteroatoms. The van der Waals surface area contributed by atoms with E-state index < -0.39 is 0 Å². The topological polar surface area (TPSA) is 63.2 Å². The molecule has 5 nitrogen and oxygen atoms in total. The number of carbonyl (C=O) groups excluding carboxylic acids is 1. The third-order valence-corrected chi connectivity index (χ3v) is 2.66. The number of carbonyl (C=O) groups is 1. The summed E-state index contributed by atoms with van der Waals surface area (Å²) in [5.74, 6) is 0.618. The Balaban J connectivity index is 1.89. The van der Waals surface area contributed by atoms with Crippen LogP contribution in [-0.2, 0) is 9.53 Å². The highest BCUT2D eigenvalue weighted by Gasteiger charge is 2.01. The molecule has 0 radical (unpaired) electrons. The maximum Gasteiger partial charge on any atom is 0.239 e. The maximum atomic E-state index is 11.5. The number of hydrogen-bond donors (Lipinski definition) is 2. The van der Waals surface area contributed by atoms with Crippen LogP contribution in [0, 0.1) is 0 Å². The molecule has 0 unspecified atom stereocenters. The molecule has 0 spiro atoms. The minimum atomic E-state index is -0.0768. The highest BCUT2D eigenvalue weighted by Crippen LogP contribution is 2.13. The normalized spacial score (nSPS) is 10.4. The number of pyridine rings is 1. The predicted octanol–water partition coefficient (Wildman–Crippen LogP) is 1.41. The van der Waals surface area contributed by atoms with Gasteiger partial charge in [0.2, 0.25) is 5.91 Å². The average molecular weight is 259 g/mol. The molecular weight excluding hydrogens is 242 g/mol. The molecule has 1 heterocycles. The molecule has 2 N–H and O–H groups in total. The van der Waals surface area contributed by atoms with Gasteiger partial charge in [0, 0.05) is 19.0 Å². The summed E-state index contributed by atoms with van der Waals surface area (Å²) >= 11 is 0. The number of rotatable bonds is 6. The monoisotopic (exact) mass is 259 g/mol. The Morgan fingerprint density at radius 2 is 2.11 bits per heavy atom. The number of anilines is 1. The Hall–Kier alpha value is -2.14. The van der Waals surface area contributed by atoms with E-state index in [9.17, 15) is 4.79 Å². The molecule has 0 fully saturated rings. The summed E-state index contributed by atoms with van der Waals surface area (Å²) in [5, 5.41) is 6.82. The lowest BCUT2D eigenvalue weighted by Crippen LogP contribution is -2.32. The molecule has 0 aliphatic rings. The van der Waals surface area contributed by atoms with Gasteiger partial charge in [0.25, 0.3) is 0 Å². The fraction of sp³-hybridized carbons (Fsp3) is 0.286. The molecule has 2 aromatic rings. The fourth-order valence-electron chi connectivity index (χ4n) is 1.69. The van der Waals surface area contributed by atoms with Crippen molar-refractivity contribution in [2.75, 3.05) is 32.1 Å². The van der Waals surface area contributed by atoms with Crippen molar-refractivity contribution in [1.82, 2.24) is 10.3 Å². The summed E-state index contributed by atoms with van der Waals surface area (Å²) in [6.07, 6.45) is 0. The molecule has 1 aromatic heterocycles. The highest BCUT2D eigenvalue weighted by molar-refractivity contribution is 5.82. The molecule has 0 atom stereocenters. The van der Waals surface area contributed by atoms with Crippen molar-refractivity contribution in [2.45, 2.75) is 0 Å². The molecule has 2 rings (SSSR count). The average Bonchev–Trinajstić information content (AvgIpc) is 2.45. The van der Waals surface area contributed by atoms with Gasteiger partial charge in [-0.15, -0.1) is 0 Å². The second kappa shape index (κ2) is 6.70. The quantitative estimate of drug-likeness (QED) is 0.770. The van der Waals surface area contributed by atoms with E-state index in [1.165, 1.54) is 0 Å². The van der Waals surface area contributed by atoms with Gasteiger partial charge in [-0.05, 0) is 18.2 Å². The molecule has 100 valence electrons. The Morgan fingerprint density at radius 3 is 2.95 bits per heavy atom. The Bertz CT molecular complexity index is 557. The van der Waals surface area contributed by atoms with Gasteiger partial charge in [-0.2, -0.15) is 0 Å². The summed E-state index contributed by atoms with van der Waals surface area (Å²) in [4.78, 5) is 15.9. The van der Waals surface area contributed by atoms with Crippen LogP contribution in [0.5, 0.6) is 0 Å². The Kier molecular flexibility index (Phi) is 4.69. The van der Waals surface area contributed by atoms with Gasteiger partial charge in [-0.1, -0.05) is 18.2 Å². The summed E-state index contributed by atoms with van der Waals surface area (Å²) in [7, 11) is 1.60. The van der Waals surface area contributed by atoms with Gasteiger partial charge in [0.15, 0.2) is 0 Å². The van der Waals surface area contributed by atoms with E-state index in [2.05, 4.69) is 15.6 Å². The minimum absolute atomic E-state index is 0.0768. The van der Waals surface area contributed by atoms with Crippen LogP contribution in [0.25, 0.3) is 10.9 Å². The summed E-state index contributed by atoms with van der Waals surface area (Å²) in [6, 6.07) is 11.7. The van der Waals surface area contributed by atoms with Crippen LogP contribution in [0.3, 0.4) is 0 Å². The van der Waals surface area contributed by atoms with E-state index in [0.29, 0.717) is 19.0 Å². The fourth-order valence-corrected chi connectivity index (χ4v) is 1.69. The first kappa shape index (κ1) is 13.3. The second-order valence-electron chi connectivity index (χ2n) is 4.09. The van der Waals surface area contributed by atoms with Crippen LogP contribution < -0.4 is 10.6 Å². The lowest BCUT2D eigenvalue weighted by atomic mass is 10.2. The highest BCUT2D eigenvalue weighted by atomic mass is 16.5. The number of hydrogen-bond acceptors (Lipinski definition) is 4. The third kappa shape index (κ3) is 3.93. The molecule has 1 amide bonds. The molecule has 0 aliphatic carbocycles. The van der Waals surface area contributed by atoms with Gasteiger partial charge >= 0.3 is 0 Å². The number of para-hydroxylation sites is 1. The predicted molar refractivity (Wildman–Crippen MR) is 75.1 cm³/mol. The number of benzene rings is 1. The minimum Gasteiger partial charge on any atom is -0.383 e. The molecule has 0 saturated heterocycles. The number of amides is 1. The number of ether oxygens (including phenoxy) is 1. The van der Waals surface area contributed by atoms with Crippen molar-refractivity contribution in [3.63, 3.8) is 0 Å². The lowest BCUT2D eigenvalue weighted by Gasteiger charge is -2.07.